The highest BCUT2D eigenvalue weighted by molar-refractivity contribution is 7.89. The third-order valence-electron chi connectivity index (χ3n) is 4.02. The Balaban J connectivity index is 1.88. The molecular formula is C14H23N3O2S. The predicted octanol–water partition coefficient (Wildman–Crippen LogP) is 2.23. The maximum Gasteiger partial charge on any atom is 0.241 e. The molecule has 1 saturated carbocycles. The Bertz CT molecular complexity index is 520. The summed E-state index contributed by atoms with van der Waals surface area (Å²) >= 11 is 0. The highest BCUT2D eigenvalue weighted by atomic mass is 32.2. The van der Waals surface area contributed by atoms with Crippen molar-refractivity contribution in [3.8, 4) is 0 Å². The van der Waals surface area contributed by atoms with E-state index >= 15 is 0 Å². The summed E-state index contributed by atoms with van der Waals surface area (Å²) in [5.41, 5.74) is 0. The fraction of sp³-hybridized carbons (Fsp3) is 0.643. The van der Waals surface area contributed by atoms with Gasteiger partial charge in [0.25, 0.3) is 0 Å². The molecule has 2 rings (SSSR count). The molecule has 20 heavy (non-hydrogen) atoms. The van der Waals surface area contributed by atoms with E-state index in [0.29, 0.717) is 5.92 Å². The van der Waals surface area contributed by atoms with Crippen molar-refractivity contribution in [1.82, 2.24) is 9.71 Å². The number of anilines is 1. The molecule has 1 aromatic rings. The van der Waals surface area contributed by atoms with Crippen LogP contribution < -0.4 is 10.0 Å². The van der Waals surface area contributed by atoms with Gasteiger partial charge in [-0.25, -0.2) is 18.1 Å². The first-order chi connectivity index (χ1) is 9.51. The van der Waals surface area contributed by atoms with Gasteiger partial charge in [-0.3, -0.25) is 0 Å². The summed E-state index contributed by atoms with van der Waals surface area (Å²) in [4.78, 5) is 4.35. The van der Waals surface area contributed by atoms with Crippen LogP contribution in [0.15, 0.2) is 23.2 Å². The van der Waals surface area contributed by atoms with Gasteiger partial charge in [0.05, 0.1) is 0 Å². The maximum atomic E-state index is 11.6. The minimum Gasteiger partial charge on any atom is -0.370 e. The molecule has 1 aliphatic carbocycles. The van der Waals surface area contributed by atoms with Crippen molar-refractivity contribution in [2.75, 3.05) is 18.9 Å². The molecule has 1 fully saturated rings. The number of sulfonamides is 1. The van der Waals surface area contributed by atoms with E-state index in [1.807, 2.05) is 0 Å². The fourth-order valence-electron chi connectivity index (χ4n) is 2.54. The molecule has 6 heteroatoms. The van der Waals surface area contributed by atoms with Gasteiger partial charge in [0, 0.05) is 12.7 Å². The molecule has 0 aliphatic heterocycles. The Morgan fingerprint density at radius 2 is 1.95 bits per heavy atom. The van der Waals surface area contributed by atoms with Crippen LogP contribution >= 0.6 is 0 Å². The largest absolute Gasteiger partial charge is 0.370 e. The third-order valence-corrected chi connectivity index (χ3v) is 5.42. The van der Waals surface area contributed by atoms with Crippen LogP contribution in [0.4, 0.5) is 5.82 Å². The van der Waals surface area contributed by atoms with E-state index in [1.165, 1.54) is 38.9 Å². The zero-order valence-corrected chi connectivity index (χ0v) is 12.9. The van der Waals surface area contributed by atoms with Crippen LogP contribution in [-0.4, -0.2) is 27.0 Å². The minimum atomic E-state index is -3.40. The van der Waals surface area contributed by atoms with Crippen molar-refractivity contribution in [2.45, 2.75) is 37.5 Å². The zero-order valence-electron chi connectivity index (χ0n) is 12.1. The second-order valence-electron chi connectivity index (χ2n) is 5.59. The van der Waals surface area contributed by atoms with Gasteiger partial charge in [-0.05, 0) is 43.9 Å². The minimum absolute atomic E-state index is 0.192. The van der Waals surface area contributed by atoms with Gasteiger partial charge in [0.15, 0.2) is 0 Å². The molecule has 0 bridgehead atoms. The Morgan fingerprint density at radius 1 is 1.25 bits per heavy atom. The normalized spacial score (nSPS) is 23.5. The fourth-order valence-corrected chi connectivity index (χ4v) is 3.22. The molecule has 1 heterocycles. The van der Waals surface area contributed by atoms with Crippen LogP contribution in [0.1, 0.15) is 32.6 Å². The summed E-state index contributed by atoms with van der Waals surface area (Å²) in [7, 11) is -2.00. The van der Waals surface area contributed by atoms with E-state index < -0.39 is 10.0 Å². The summed E-state index contributed by atoms with van der Waals surface area (Å²) in [5, 5.41) is 3.30. The molecule has 0 atom stereocenters. The maximum absolute atomic E-state index is 11.6. The summed E-state index contributed by atoms with van der Waals surface area (Å²) in [6.45, 7) is 3.23. The lowest BCUT2D eigenvalue weighted by atomic mass is 9.83. The molecule has 5 nitrogen and oxygen atoms in total. The van der Waals surface area contributed by atoms with E-state index in [0.717, 1.165) is 18.3 Å². The topological polar surface area (TPSA) is 71.1 Å². The van der Waals surface area contributed by atoms with Crippen molar-refractivity contribution in [3.63, 3.8) is 0 Å². The van der Waals surface area contributed by atoms with E-state index in [9.17, 15) is 8.42 Å². The van der Waals surface area contributed by atoms with E-state index in [-0.39, 0.29) is 4.90 Å². The summed E-state index contributed by atoms with van der Waals surface area (Å²) in [6, 6.07) is 3.29. The molecule has 0 spiro atoms. The van der Waals surface area contributed by atoms with Gasteiger partial charge in [0.1, 0.15) is 10.7 Å². The Labute approximate surface area is 121 Å². The average molecular weight is 297 g/mol. The first-order valence-corrected chi connectivity index (χ1v) is 8.63. The standard InChI is InChI=1S/C14H23N3O2S/c1-11-3-5-12(6-4-11)9-16-14-8-7-13(10-17-14)20(18,19)15-2/h7-8,10-12,15H,3-6,9H2,1-2H3,(H,16,17). The quantitative estimate of drug-likeness (QED) is 0.874. The van der Waals surface area contributed by atoms with Crippen molar-refractivity contribution < 1.29 is 8.42 Å². The molecule has 0 radical (unpaired) electrons. The highest BCUT2D eigenvalue weighted by Gasteiger charge is 2.18. The smallest absolute Gasteiger partial charge is 0.241 e. The van der Waals surface area contributed by atoms with E-state index in [4.69, 9.17) is 0 Å². The monoisotopic (exact) mass is 297 g/mol. The molecule has 1 aliphatic rings. The molecular weight excluding hydrogens is 274 g/mol. The van der Waals surface area contributed by atoms with Crippen molar-refractivity contribution in [3.05, 3.63) is 18.3 Å². The lowest BCUT2D eigenvalue weighted by molar-refractivity contribution is 0.300. The number of hydrogen-bond acceptors (Lipinski definition) is 4. The molecule has 0 amide bonds. The Kier molecular flexibility index (Phi) is 4.99. The van der Waals surface area contributed by atoms with Gasteiger partial charge < -0.3 is 5.32 Å². The lowest BCUT2D eigenvalue weighted by Crippen LogP contribution is -2.21. The first-order valence-electron chi connectivity index (χ1n) is 7.14. The molecule has 0 aromatic carbocycles. The van der Waals surface area contributed by atoms with Crippen LogP contribution in [0, 0.1) is 11.8 Å². The third kappa shape index (κ3) is 3.93. The van der Waals surface area contributed by atoms with Gasteiger partial charge in [-0.2, -0.15) is 0 Å². The van der Waals surface area contributed by atoms with Crippen LogP contribution in [0.3, 0.4) is 0 Å². The van der Waals surface area contributed by atoms with Crippen molar-refractivity contribution in [2.24, 2.45) is 11.8 Å². The average Bonchev–Trinajstić information content (AvgIpc) is 2.47. The molecule has 0 unspecified atom stereocenters. The Morgan fingerprint density at radius 3 is 2.50 bits per heavy atom. The van der Waals surface area contributed by atoms with Crippen LogP contribution in [-0.2, 0) is 10.0 Å². The molecule has 2 N–H and O–H groups in total. The summed E-state index contributed by atoms with van der Waals surface area (Å²) < 4.78 is 25.4. The lowest BCUT2D eigenvalue weighted by Gasteiger charge is -2.26. The first kappa shape index (κ1) is 15.3. The summed E-state index contributed by atoms with van der Waals surface area (Å²) in [6.07, 6.45) is 6.52. The van der Waals surface area contributed by atoms with Gasteiger partial charge in [-0.1, -0.05) is 19.8 Å². The number of nitrogens with one attached hydrogen (secondary N) is 2. The highest BCUT2D eigenvalue weighted by Crippen LogP contribution is 2.28. The van der Waals surface area contributed by atoms with Crippen molar-refractivity contribution >= 4 is 15.8 Å². The number of nitrogens with zero attached hydrogens (tertiary/aromatic N) is 1. The van der Waals surface area contributed by atoms with Crippen LogP contribution in [0.5, 0.6) is 0 Å². The van der Waals surface area contributed by atoms with Crippen LogP contribution in [0.2, 0.25) is 0 Å². The van der Waals surface area contributed by atoms with Crippen LogP contribution in [0.25, 0.3) is 0 Å². The number of hydrogen-bond donors (Lipinski definition) is 2. The van der Waals surface area contributed by atoms with Gasteiger partial charge in [-0.15, -0.1) is 0 Å². The summed E-state index contributed by atoms with van der Waals surface area (Å²) in [5.74, 6) is 2.29. The Hall–Kier alpha value is -1.14. The predicted molar refractivity (Wildman–Crippen MR) is 80.1 cm³/mol. The number of aromatic nitrogens is 1. The SMILES string of the molecule is CNS(=O)(=O)c1ccc(NCC2CCC(C)CC2)nc1. The van der Waals surface area contributed by atoms with Crippen molar-refractivity contribution in [1.29, 1.82) is 0 Å². The zero-order chi connectivity index (χ0) is 14.6. The molecule has 112 valence electrons. The van der Waals surface area contributed by atoms with Gasteiger partial charge >= 0.3 is 0 Å². The second kappa shape index (κ2) is 6.54. The number of rotatable bonds is 5. The number of pyridine rings is 1. The van der Waals surface area contributed by atoms with E-state index in [1.54, 1.807) is 12.1 Å². The molecule has 0 saturated heterocycles. The molecule has 1 aromatic heterocycles. The second-order valence-corrected chi connectivity index (χ2v) is 7.48. The van der Waals surface area contributed by atoms with E-state index in [2.05, 4.69) is 21.9 Å². The van der Waals surface area contributed by atoms with Gasteiger partial charge in [0.2, 0.25) is 10.0 Å².